The van der Waals surface area contributed by atoms with Crippen LogP contribution >= 0.6 is 0 Å². The average Bonchev–Trinajstić information content (AvgIpc) is 2.25. The van der Waals surface area contributed by atoms with Crippen molar-refractivity contribution < 1.29 is 19.0 Å². The van der Waals surface area contributed by atoms with Gasteiger partial charge in [0.1, 0.15) is 0 Å². The predicted molar refractivity (Wildman–Crippen MR) is 70.9 cm³/mol. The van der Waals surface area contributed by atoms with Gasteiger partial charge in [0, 0.05) is 18.8 Å². The molecule has 4 nitrogen and oxygen atoms in total. The summed E-state index contributed by atoms with van der Waals surface area (Å²) in [5.41, 5.74) is -0.371. The molecule has 0 radical (unpaired) electrons. The molecular weight excluding hydrogens is 236 g/mol. The van der Waals surface area contributed by atoms with Gasteiger partial charge in [-0.1, -0.05) is 13.5 Å². The summed E-state index contributed by atoms with van der Waals surface area (Å²) >= 11 is 0. The topological polar surface area (TPSA) is 44.8 Å². The van der Waals surface area contributed by atoms with Crippen molar-refractivity contribution in [1.29, 1.82) is 0 Å². The van der Waals surface area contributed by atoms with Gasteiger partial charge < -0.3 is 14.2 Å². The predicted octanol–water partition coefficient (Wildman–Crippen LogP) is 0.976. The van der Waals surface area contributed by atoms with Crippen LogP contribution in [0.15, 0.2) is 12.2 Å². The zero-order valence-electron chi connectivity index (χ0n) is 11.5. The van der Waals surface area contributed by atoms with Crippen LogP contribution in [0.3, 0.4) is 0 Å². The van der Waals surface area contributed by atoms with Crippen molar-refractivity contribution in [2.45, 2.75) is 45.6 Å². The maximum atomic E-state index is 11.5. The molecule has 0 aliphatic carbocycles. The van der Waals surface area contributed by atoms with Gasteiger partial charge >= 0.3 is 5.97 Å². The monoisotopic (exact) mass is 260 g/mol. The molecule has 0 aromatic rings. The van der Waals surface area contributed by atoms with Crippen LogP contribution in [0.25, 0.3) is 0 Å². The van der Waals surface area contributed by atoms with E-state index in [1.165, 1.54) is 0 Å². The molecule has 0 saturated carbocycles. The number of rotatable bonds is 8. The molecule has 0 fully saturated rings. The van der Waals surface area contributed by atoms with Crippen LogP contribution in [-0.4, -0.2) is 40.9 Å². The van der Waals surface area contributed by atoms with Crippen LogP contribution in [0.5, 0.6) is 0 Å². The van der Waals surface area contributed by atoms with Crippen molar-refractivity contribution in [3.05, 3.63) is 12.2 Å². The summed E-state index contributed by atoms with van der Waals surface area (Å²) in [4.78, 5) is 11.5. The largest absolute Gasteiger partial charge is 0.454 e. The molecule has 1 unspecified atom stereocenters. The summed E-state index contributed by atoms with van der Waals surface area (Å²) in [6.45, 7) is 12.0. The fourth-order valence-electron chi connectivity index (χ4n) is 1.59. The molecule has 0 aromatic carbocycles. The van der Waals surface area contributed by atoms with E-state index in [1.54, 1.807) is 6.92 Å². The number of hydrogen-bond acceptors (Lipinski definition) is 4. The van der Waals surface area contributed by atoms with E-state index in [1.807, 2.05) is 20.8 Å². The SMILES string of the molecule is C=C(C)C(=O)OC(CC)C([SiH3])(OCC)OCC. The average molecular weight is 260 g/mol. The Morgan fingerprint density at radius 1 is 1.29 bits per heavy atom. The summed E-state index contributed by atoms with van der Waals surface area (Å²) in [5, 5.41) is 0. The molecule has 0 amide bonds. The number of esters is 1. The van der Waals surface area contributed by atoms with Crippen LogP contribution in [0.1, 0.15) is 34.1 Å². The highest BCUT2D eigenvalue weighted by Gasteiger charge is 2.37. The van der Waals surface area contributed by atoms with E-state index in [-0.39, 0.29) is 6.10 Å². The summed E-state index contributed by atoms with van der Waals surface area (Å²) in [6.07, 6.45) is 0.279. The maximum Gasteiger partial charge on any atom is 0.333 e. The zero-order chi connectivity index (χ0) is 13.5. The van der Waals surface area contributed by atoms with E-state index in [2.05, 4.69) is 6.58 Å². The molecule has 5 heteroatoms. The minimum Gasteiger partial charge on any atom is -0.454 e. The molecule has 0 bridgehead atoms. The van der Waals surface area contributed by atoms with Crippen LogP contribution in [0.4, 0.5) is 0 Å². The highest BCUT2D eigenvalue weighted by Crippen LogP contribution is 2.21. The van der Waals surface area contributed by atoms with Gasteiger partial charge in [0.15, 0.2) is 11.5 Å². The summed E-state index contributed by atoms with van der Waals surface area (Å²) in [5.74, 6) is -0.392. The molecule has 1 atom stereocenters. The normalized spacial score (nSPS) is 13.4. The van der Waals surface area contributed by atoms with Gasteiger partial charge in [0.2, 0.25) is 0 Å². The van der Waals surface area contributed by atoms with Crippen molar-refractivity contribution in [3.63, 3.8) is 0 Å². The molecule has 17 heavy (non-hydrogen) atoms. The highest BCUT2D eigenvalue weighted by atomic mass is 28.1. The van der Waals surface area contributed by atoms with E-state index >= 15 is 0 Å². The highest BCUT2D eigenvalue weighted by molar-refractivity contribution is 6.14. The third kappa shape index (κ3) is 5.02. The quantitative estimate of drug-likeness (QED) is 0.282. The lowest BCUT2D eigenvalue weighted by atomic mass is 10.2. The van der Waals surface area contributed by atoms with Gasteiger partial charge in [-0.2, -0.15) is 0 Å². The van der Waals surface area contributed by atoms with Crippen LogP contribution in [-0.2, 0) is 19.0 Å². The fraction of sp³-hybridized carbons (Fsp3) is 0.750. The molecule has 0 aliphatic heterocycles. The van der Waals surface area contributed by atoms with E-state index in [4.69, 9.17) is 14.2 Å². The van der Waals surface area contributed by atoms with E-state index < -0.39 is 11.4 Å². The molecule has 0 saturated heterocycles. The van der Waals surface area contributed by atoms with E-state index in [0.717, 1.165) is 0 Å². The van der Waals surface area contributed by atoms with Crippen molar-refractivity contribution in [2.24, 2.45) is 0 Å². The van der Waals surface area contributed by atoms with Crippen molar-refractivity contribution in [3.8, 4) is 0 Å². The smallest absolute Gasteiger partial charge is 0.333 e. The zero-order valence-corrected chi connectivity index (χ0v) is 13.5. The molecule has 0 spiro atoms. The number of carbonyl (C=O) groups is 1. The Labute approximate surface area is 107 Å². The lowest BCUT2D eigenvalue weighted by Gasteiger charge is -2.36. The first-order valence-electron chi connectivity index (χ1n) is 6.05. The minimum absolute atomic E-state index is 0.377. The molecule has 0 aliphatic rings. The summed E-state index contributed by atoms with van der Waals surface area (Å²) < 4.78 is 16.6. The maximum absolute atomic E-state index is 11.5. The first-order valence-corrected chi connectivity index (χ1v) is 7.05. The standard InChI is InChI=1S/C12H24O4Si/c1-6-10(16-11(13)9(4)5)12(17,14-7-2)15-8-3/h10H,4,6-8H2,1-3,5,17H3. The van der Waals surface area contributed by atoms with E-state index in [9.17, 15) is 4.79 Å². The molecule has 0 rings (SSSR count). The number of carbonyl (C=O) groups excluding carboxylic acids is 1. The van der Waals surface area contributed by atoms with Crippen molar-refractivity contribution in [2.75, 3.05) is 13.2 Å². The third-order valence-electron chi connectivity index (χ3n) is 2.42. The second-order valence-corrected chi connectivity index (χ2v) is 5.36. The summed E-state index contributed by atoms with van der Waals surface area (Å²) in [7, 11) is 0.631. The van der Waals surface area contributed by atoms with Gasteiger partial charge in [0.25, 0.3) is 0 Å². The molecule has 0 heterocycles. The lowest BCUT2D eigenvalue weighted by Crippen LogP contribution is -2.50. The molecule has 0 aromatic heterocycles. The molecule has 0 N–H and O–H groups in total. The number of ether oxygens (including phenoxy) is 3. The minimum atomic E-state index is -0.761. The molecule has 100 valence electrons. The van der Waals surface area contributed by atoms with Crippen LogP contribution < -0.4 is 0 Å². The van der Waals surface area contributed by atoms with E-state index in [0.29, 0.717) is 35.5 Å². The second-order valence-electron chi connectivity index (χ2n) is 3.96. The lowest BCUT2D eigenvalue weighted by molar-refractivity contribution is -0.233. The second kappa shape index (κ2) is 7.63. The van der Waals surface area contributed by atoms with Crippen LogP contribution in [0.2, 0.25) is 0 Å². The Bertz CT molecular complexity index is 259. The van der Waals surface area contributed by atoms with Gasteiger partial charge in [-0.15, -0.1) is 0 Å². The fourth-order valence-corrected chi connectivity index (χ4v) is 2.70. The van der Waals surface area contributed by atoms with Gasteiger partial charge in [-0.3, -0.25) is 0 Å². The van der Waals surface area contributed by atoms with Crippen LogP contribution in [0, 0.1) is 0 Å². The van der Waals surface area contributed by atoms with Crippen molar-refractivity contribution in [1.82, 2.24) is 0 Å². The Morgan fingerprint density at radius 2 is 1.76 bits per heavy atom. The Morgan fingerprint density at radius 3 is 2.06 bits per heavy atom. The Kier molecular flexibility index (Phi) is 7.34. The number of hydrogen-bond donors (Lipinski definition) is 0. The van der Waals surface area contributed by atoms with Gasteiger partial charge in [0.05, 0.1) is 10.2 Å². The Balaban J connectivity index is 4.77. The summed E-state index contributed by atoms with van der Waals surface area (Å²) in [6, 6.07) is 0. The first kappa shape index (κ1) is 16.3. The van der Waals surface area contributed by atoms with Gasteiger partial charge in [-0.25, -0.2) is 4.79 Å². The van der Waals surface area contributed by atoms with Crippen molar-refractivity contribution >= 4 is 16.2 Å². The third-order valence-corrected chi connectivity index (χ3v) is 3.64. The molecular formula is C12H24O4Si. The first-order chi connectivity index (χ1) is 7.91. The van der Waals surface area contributed by atoms with Gasteiger partial charge in [-0.05, 0) is 27.2 Å². The Hall–Kier alpha value is -0.653.